The Hall–Kier alpha value is -0.430. The largest absolute Gasteiger partial charge is 0.481 e. The summed E-state index contributed by atoms with van der Waals surface area (Å²) < 4.78 is 36.9. The van der Waals surface area contributed by atoms with Crippen LogP contribution in [-0.2, 0) is 4.79 Å². The van der Waals surface area contributed by atoms with Crippen molar-refractivity contribution in [3.63, 3.8) is 0 Å². The first-order valence-corrected chi connectivity index (χ1v) is 6.55. The van der Waals surface area contributed by atoms with E-state index in [1.54, 1.807) is 18.7 Å². The van der Waals surface area contributed by atoms with E-state index in [0.29, 0.717) is 0 Å². The Morgan fingerprint density at radius 3 is 2.47 bits per heavy atom. The van der Waals surface area contributed by atoms with Gasteiger partial charge in [0.25, 0.3) is 0 Å². The molecule has 0 aromatic heterocycles. The first-order chi connectivity index (χ1) is 7.79. The first kappa shape index (κ1) is 16.6. The maximum atomic E-state index is 12.3. The summed E-state index contributed by atoms with van der Waals surface area (Å²) in [5.74, 6) is -2.34. The molecule has 2 N–H and O–H groups in total. The number of thioether (sulfide) groups is 1. The zero-order chi connectivity index (χ0) is 13.5. The van der Waals surface area contributed by atoms with Crippen LogP contribution in [0.25, 0.3) is 0 Å². The van der Waals surface area contributed by atoms with E-state index in [-0.39, 0.29) is 6.04 Å². The number of rotatable bonds is 8. The van der Waals surface area contributed by atoms with Crippen LogP contribution < -0.4 is 5.32 Å². The monoisotopic (exact) mass is 273 g/mol. The smallest absolute Gasteiger partial charge is 0.403 e. The molecule has 102 valence electrons. The molecule has 2 unspecified atom stereocenters. The van der Waals surface area contributed by atoms with Crippen LogP contribution in [0.15, 0.2) is 0 Å². The summed E-state index contributed by atoms with van der Waals surface area (Å²) in [5.41, 5.74) is 0. The fourth-order valence-electron chi connectivity index (χ4n) is 1.17. The van der Waals surface area contributed by atoms with Gasteiger partial charge in [0.1, 0.15) is 0 Å². The SMILES string of the molecule is CCSCCC(C)NCC(C(=O)O)C(F)(F)F. The van der Waals surface area contributed by atoms with E-state index in [9.17, 15) is 18.0 Å². The van der Waals surface area contributed by atoms with Gasteiger partial charge in [-0.2, -0.15) is 24.9 Å². The van der Waals surface area contributed by atoms with Crippen molar-refractivity contribution in [2.24, 2.45) is 5.92 Å². The molecular formula is C10H18F3NO2S. The van der Waals surface area contributed by atoms with Gasteiger partial charge in [0.15, 0.2) is 5.92 Å². The van der Waals surface area contributed by atoms with Crippen molar-refractivity contribution in [1.82, 2.24) is 5.32 Å². The van der Waals surface area contributed by atoms with Crippen molar-refractivity contribution in [1.29, 1.82) is 0 Å². The molecule has 0 heterocycles. The maximum absolute atomic E-state index is 12.3. The Morgan fingerprint density at radius 2 is 2.06 bits per heavy atom. The lowest BCUT2D eigenvalue weighted by Gasteiger charge is -2.19. The lowest BCUT2D eigenvalue weighted by atomic mass is 10.1. The fourth-order valence-corrected chi connectivity index (χ4v) is 1.98. The molecule has 0 bridgehead atoms. The van der Waals surface area contributed by atoms with Crippen LogP contribution in [0.3, 0.4) is 0 Å². The molecule has 0 saturated carbocycles. The summed E-state index contributed by atoms with van der Waals surface area (Å²) >= 11 is 1.70. The molecule has 2 atom stereocenters. The maximum Gasteiger partial charge on any atom is 0.403 e. The van der Waals surface area contributed by atoms with Crippen molar-refractivity contribution in [3.05, 3.63) is 0 Å². The quantitative estimate of drug-likeness (QED) is 0.667. The number of nitrogens with one attached hydrogen (secondary N) is 1. The molecule has 0 aromatic carbocycles. The number of halogens is 3. The van der Waals surface area contributed by atoms with Gasteiger partial charge < -0.3 is 10.4 Å². The van der Waals surface area contributed by atoms with Crippen molar-refractivity contribution in [2.75, 3.05) is 18.1 Å². The van der Waals surface area contributed by atoms with Gasteiger partial charge in [-0.25, -0.2) is 0 Å². The third-order valence-corrected chi connectivity index (χ3v) is 3.20. The van der Waals surface area contributed by atoms with Gasteiger partial charge in [0.05, 0.1) is 0 Å². The van der Waals surface area contributed by atoms with Crippen molar-refractivity contribution >= 4 is 17.7 Å². The topological polar surface area (TPSA) is 49.3 Å². The van der Waals surface area contributed by atoms with Crippen LogP contribution in [0, 0.1) is 5.92 Å². The lowest BCUT2D eigenvalue weighted by molar-refractivity contribution is -0.192. The second-order valence-corrected chi connectivity index (χ2v) is 5.12. The van der Waals surface area contributed by atoms with Crippen molar-refractivity contribution < 1.29 is 23.1 Å². The molecule has 0 spiro atoms. The van der Waals surface area contributed by atoms with Gasteiger partial charge in [-0.3, -0.25) is 4.79 Å². The van der Waals surface area contributed by atoms with E-state index in [2.05, 4.69) is 5.32 Å². The highest BCUT2D eigenvalue weighted by atomic mass is 32.2. The summed E-state index contributed by atoms with van der Waals surface area (Å²) in [6, 6.07) is -0.113. The average Bonchev–Trinajstić information content (AvgIpc) is 2.15. The van der Waals surface area contributed by atoms with E-state index in [1.807, 2.05) is 6.92 Å². The third-order valence-electron chi connectivity index (χ3n) is 2.26. The predicted molar refractivity (Wildman–Crippen MR) is 62.3 cm³/mol. The molecule has 0 radical (unpaired) electrons. The Morgan fingerprint density at radius 1 is 1.47 bits per heavy atom. The highest BCUT2D eigenvalue weighted by Crippen LogP contribution is 2.26. The lowest BCUT2D eigenvalue weighted by Crippen LogP contribution is -2.42. The number of alkyl halides is 3. The van der Waals surface area contributed by atoms with Crippen molar-refractivity contribution in [2.45, 2.75) is 32.5 Å². The molecule has 3 nitrogen and oxygen atoms in total. The molecule has 0 saturated heterocycles. The van der Waals surface area contributed by atoms with Crippen LogP contribution in [0.4, 0.5) is 13.2 Å². The first-order valence-electron chi connectivity index (χ1n) is 5.39. The Bertz CT molecular complexity index is 236. The third kappa shape index (κ3) is 7.49. The molecule has 0 aliphatic rings. The second-order valence-electron chi connectivity index (χ2n) is 3.73. The van der Waals surface area contributed by atoms with Gasteiger partial charge in [0.2, 0.25) is 0 Å². The van der Waals surface area contributed by atoms with Crippen LogP contribution in [0.2, 0.25) is 0 Å². The normalized spacial score (nSPS) is 15.6. The number of aliphatic carboxylic acids is 1. The number of carboxylic acid groups (broad SMARTS) is 1. The molecule has 0 rings (SSSR count). The Balaban J connectivity index is 4.01. The molecule has 0 amide bonds. The fraction of sp³-hybridized carbons (Fsp3) is 0.900. The molecular weight excluding hydrogens is 255 g/mol. The van der Waals surface area contributed by atoms with Crippen LogP contribution >= 0.6 is 11.8 Å². The van der Waals surface area contributed by atoms with Crippen LogP contribution in [0.5, 0.6) is 0 Å². The molecule has 0 aliphatic heterocycles. The average molecular weight is 273 g/mol. The molecule has 0 fully saturated rings. The van der Waals surface area contributed by atoms with Crippen LogP contribution in [-0.4, -0.2) is 41.3 Å². The van der Waals surface area contributed by atoms with Gasteiger partial charge in [-0.15, -0.1) is 0 Å². The number of carbonyl (C=O) groups is 1. The summed E-state index contributed by atoms with van der Waals surface area (Å²) in [6.07, 6.45) is -3.97. The Labute approximate surface area is 103 Å². The van der Waals surface area contributed by atoms with Gasteiger partial charge in [-0.05, 0) is 24.9 Å². The molecule has 7 heteroatoms. The Kier molecular flexibility index (Phi) is 7.61. The second kappa shape index (κ2) is 7.81. The van der Waals surface area contributed by atoms with Crippen LogP contribution in [0.1, 0.15) is 20.3 Å². The minimum absolute atomic E-state index is 0.113. The van der Waals surface area contributed by atoms with Gasteiger partial charge >= 0.3 is 12.1 Å². The summed E-state index contributed by atoms with van der Waals surface area (Å²) in [4.78, 5) is 10.5. The zero-order valence-electron chi connectivity index (χ0n) is 9.88. The van der Waals surface area contributed by atoms with E-state index < -0.39 is 24.6 Å². The van der Waals surface area contributed by atoms with E-state index in [4.69, 9.17) is 5.11 Å². The number of hydrogen-bond donors (Lipinski definition) is 2. The summed E-state index contributed by atoms with van der Waals surface area (Å²) in [6.45, 7) is 3.19. The van der Waals surface area contributed by atoms with Gasteiger partial charge in [0, 0.05) is 12.6 Å². The summed E-state index contributed by atoms with van der Waals surface area (Å²) in [5, 5.41) is 11.1. The zero-order valence-corrected chi connectivity index (χ0v) is 10.7. The van der Waals surface area contributed by atoms with Gasteiger partial charge in [-0.1, -0.05) is 6.92 Å². The minimum atomic E-state index is -4.70. The van der Waals surface area contributed by atoms with E-state index in [0.717, 1.165) is 17.9 Å². The van der Waals surface area contributed by atoms with Crippen molar-refractivity contribution in [3.8, 4) is 0 Å². The predicted octanol–water partition coefficient (Wildman–Crippen LogP) is 2.37. The molecule has 0 aliphatic carbocycles. The number of carboxylic acids is 1. The molecule has 0 aromatic rings. The summed E-state index contributed by atoms with van der Waals surface area (Å²) in [7, 11) is 0. The van der Waals surface area contributed by atoms with E-state index in [1.165, 1.54) is 0 Å². The number of hydrogen-bond acceptors (Lipinski definition) is 3. The van der Waals surface area contributed by atoms with E-state index >= 15 is 0 Å². The standard InChI is InChI=1S/C10H18F3NO2S/c1-3-17-5-4-7(2)14-6-8(9(15)16)10(11,12)13/h7-8,14H,3-6H2,1-2H3,(H,15,16). The highest BCUT2D eigenvalue weighted by Gasteiger charge is 2.44. The highest BCUT2D eigenvalue weighted by molar-refractivity contribution is 7.99. The minimum Gasteiger partial charge on any atom is -0.481 e. The molecule has 17 heavy (non-hydrogen) atoms.